The summed E-state index contributed by atoms with van der Waals surface area (Å²) in [5.41, 5.74) is 0.937. The van der Waals surface area contributed by atoms with Gasteiger partial charge in [-0.3, -0.25) is 9.59 Å². The minimum atomic E-state index is -2.13. The monoisotopic (exact) mass is 547 g/mol. The molecule has 38 heavy (non-hydrogen) atoms. The van der Waals surface area contributed by atoms with Crippen LogP contribution in [0.4, 0.5) is 4.79 Å². The lowest BCUT2D eigenvalue weighted by atomic mass is 9.74. The van der Waals surface area contributed by atoms with E-state index in [0.29, 0.717) is 18.5 Å². The van der Waals surface area contributed by atoms with Gasteiger partial charge in [0.2, 0.25) is 11.8 Å². The van der Waals surface area contributed by atoms with Gasteiger partial charge in [0.25, 0.3) is 0 Å². The maximum absolute atomic E-state index is 13.5. The van der Waals surface area contributed by atoms with Gasteiger partial charge in [-0.05, 0) is 37.0 Å². The predicted molar refractivity (Wildman–Crippen MR) is 144 cm³/mol. The number of carbonyl (C=O) groups is 4. The van der Waals surface area contributed by atoms with E-state index in [1.165, 1.54) is 12.2 Å². The highest BCUT2D eigenvalue weighted by Gasteiger charge is 2.62. The van der Waals surface area contributed by atoms with E-state index >= 15 is 0 Å². The zero-order valence-electron chi connectivity index (χ0n) is 23.4. The fourth-order valence-electron chi connectivity index (χ4n) is 5.16. The van der Waals surface area contributed by atoms with Crippen LogP contribution in [0.2, 0.25) is 18.1 Å². The Labute approximate surface area is 226 Å². The molecule has 0 unspecified atom stereocenters. The van der Waals surface area contributed by atoms with Gasteiger partial charge in [0.15, 0.2) is 8.32 Å². The number of hydrogen-bond acceptors (Lipinski definition) is 7. The molecule has 11 heteroatoms. The average molecular weight is 548 g/mol. The molecule has 0 aromatic heterocycles. The Hall–Kier alpha value is -2.92. The average Bonchev–Trinajstić information content (AvgIpc) is 3.13. The standard InChI is InChI=1S/C27H41N3O7Si/c1-9-13-35-25(33)23-19-16-29(20(31)15-28-26(34)36-14-10-2)12-11-18(19)22-21(24(32)30(22)23)17(3)37-38(7,8)27(4,5)6/h9-10,17-18,21-22H,1-2,11-16H2,3-8H3,(H,28,34)/t17-,18+,21-,22-/m1/s1. The first-order valence-electron chi connectivity index (χ1n) is 13.1. The molecule has 4 atom stereocenters. The first kappa shape index (κ1) is 29.6. The molecule has 0 bridgehead atoms. The van der Waals surface area contributed by atoms with Crippen molar-refractivity contribution in [2.45, 2.75) is 64.4 Å². The molecular formula is C27H41N3O7Si. The minimum Gasteiger partial charge on any atom is -0.457 e. The largest absolute Gasteiger partial charge is 0.457 e. The van der Waals surface area contributed by atoms with E-state index in [-0.39, 0.29) is 72.8 Å². The van der Waals surface area contributed by atoms with Gasteiger partial charge in [0.1, 0.15) is 25.5 Å². The SMILES string of the molecule is C=CCOC(=O)NCC(=O)N1CC[C@H]2C(=C(C(=O)OCC=C)N3C(=O)[C@H]([C@@H](C)O[Si](C)(C)C(C)(C)C)[C@@H]23)C1. The molecule has 210 valence electrons. The number of esters is 1. The molecule has 3 amide bonds. The highest BCUT2D eigenvalue weighted by molar-refractivity contribution is 6.74. The maximum atomic E-state index is 13.5. The quantitative estimate of drug-likeness (QED) is 0.194. The second kappa shape index (κ2) is 11.4. The summed E-state index contributed by atoms with van der Waals surface area (Å²) in [7, 11) is -2.13. The second-order valence-electron chi connectivity index (χ2n) is 11.5. The van der Waals surface area contributed by atoms with Gasteiger partial charge >= 0.3 is 12.1 Å². The Morgan fingerprint density at radius 3 is 2.39 bits per heavy atom. The van der Waals surface area contributed by atoms with Crippen molar-refractivity contribution in [2.24, 2.45) is 11.8 Å². The minimum absolute atomic E-state index is 0.00960. The van der Waals surface area contributed by atoms with Gasteiger partial charge < -0.3 is 29.0 Å². The van der Waals surface area contributed by atoms with E-state index in [1.807, 2.05) is 6.92 Å². The van der Waals surface area contributed by atoms with E-state index in [2.05, 4.69) is 52.3 Å². The third kappa shape index (κ3) is 5.73. The van der Waals surface area contributed by atoms with Gasteiger partial charge in [0, 0.05) is 19.0 Å². The van der Waals surface area contributed by atoms with Crippen molar-refractivity contribution in [3.8, 4) is 0 Å². The molecule has 3 aliphatic rings. The first-order valence-corrected chi connectivity index (χ1v) is 16.0. The Balaban J connectivity index is 1.80. The van der Waals surface area contributed by atoms with E-state index in [9.17, 15) is 19.2 Å². The maximum Gasteiger partial charge on any atom is 0.407 e. The lowest BCUT2D eigenvalue weighted by Crippen LogP contribution is -2.65. The first-order chi connectivity index (χ1) is 17.7. The van der Waals surface area contributed by atoms with Crippen LogP contribution in [0.15, 0.2) is 36.6 Å². The van der Waals surface area contributed by atoms with Crippen LogP contribution >= 0.6 is 0 Å². The number of hydrogen-bond donors (Lipinski definition) is 1. The summed E-state index contributed by atoms with van der Waals surface area (Å²) < 4.78 is 16.8. The number of carbonyl (C=O) groups excluding carboxylic acids is 4. The van der Waals surface area contributed by atoms with Gasteiger partial charge in [-0.15, -0.1) is 0 Å². The fourth-order valence-corrected chi connectivity index (χ4v) is 6.59. The number of likely N-dealkylation sites (tertiary alicyclic amines) is 1. The van der Waals surface area contributed by atoms with E-state index < -0.39 is 20.4 Å². The summed E-state index contributed by atoms with van der Waals surface area (Å²) in [5.74, 6) is -1.52. The molecular weight excluding hydrogens is 506 g/mol. The Kier molecular flexibility index (Phi) is 8.92. The van der Waals surface area contributed by atoms with Crippen molar-refractivity contribution >= 4 is 32.2 Å². The van der Waals surface area contributed by atoms with E-state index in [0.717, 1.165) is 0 Å². The Morgan fingerprint density at radius 1 is 1.16 bits per heavy atom. The lowest BCUT2D eigenvalue weighted by Gasteiger charge is -2.51. The molecule has 0 spiro atoms. The number of ether oxygens (including phenoxy) is 2. The van der Waals surface area contributed by atoms with Crippen molar-refractivity contribution < 1.29 is 33.1 Å². The third-order valence-corrected chi connectivity index (χ3v) is 12.6. The van der Waals surface area contributed by atoms with Gasteiger partial charge in [-0.25, -0.2) is 9.59 Å². The van der Waals surface area contributed by atoms with Crippen LogP contribution in [0.1, 0.15) is 34.1 Å². The van der Waals surface area contributed by atoms with Gasteiger partial charge in [-0.1, -0.05) is 46.1 Å². The van der Waals surface area contributed by atoms with Crippen molar-refractivity contribution in [1.82, 2.24) is 15.1 Å². The summed E-state index contributed by atoms with van der Waals surface area (Å²) in [6.45, 7) is 20.2. The summed E-state index contributed by atoms with van der Waals surface area (Å²) in [5, 5.41) is 2.42. The summed E-state index contributed by atoms with van der Waals surface area (Å²) in [4.78, 5) is 54.3. The fraction of sp³-hybridized carbons (Fsp3) is 0.630. The van der Waals surface area contributed by atoms with Crippen LogP contribution in [0, 0.1) is 11.8 Å². The zero-order valence-corrected chi connectivity index (χ0v) is 24.4. The number of piperidine rings is 1. The number of nitrogens with one attached hydrogen (secondary N) is 1. The summed E-state index contributed by atoms with van der Waals surface area (Å²) >= 11 is 0. The van der Waals surface area contributed by atoms with Crippen molar-refractivity contribution in [3.63, 3.8) is 0 Å². The lowest BCUT2D eigenvalue weighted by molar-refractivity contribution is -0.164. The number of alkyl carbamates (subject to hydrolysis) is 1. The van der Waals surface area contributed by atoms with Crippen molar-refractivity contribution in [1.29, 1.82) is 0 Å². The van der Waals surface area contributed by atoms with Crippen LogP contribution in [0.3, 0.4) is 0 Å². The van der Waals surface area contributed by atoms with Crippen LogP contribution in [-0.2, 0) is 28.3 Å². The molecule has 0 aromatic carbocycles. The predicted octanol–water partition coefficient (Wildman–Crippen LogP) is 2.98. The van der Waals surface area contributed by atoms with Gasteiger partial charge in [-0.2, -0.15) is 0 Å². The molecule has 3 rings (SSSR count). The molecule has 3 heterocycles. The molecule has 2 saturated heterocycles. The molecule has 0 aliphatic carbocycles. The van der Waals surface area contributed by atoms with Crippen LogP contribution in [0.5, 0.6) is 0 Å². The molecule has 0 aromatic rings. The van der Waals surface area contributed by atoms with Crippen molar-refractivity contribution in [2.75, 3.05) is 32.8 Å². The van der Waals surface area contributed by atoms with Crippen LogP contribution in [0.25, 0.3) is 0 Å². The second-order valence-corrected chi connectivity index (χ2v) is 16.3. The molecule has 3 aliphatic heterocycles. The third-order valence-electron chi connectivity index (χ3n) is 8.05. The topological polar surface area (TPSA) is 114 Å². The van der Waals surface area contributed by atoms with Crippen LogP contribution < -0.4 is 5.32 Å². The molecule has 1 N–H and O–H groups in total. The van der Waals surface area contributed by atoms with E-state index in [4.69, 9.17) is 13.9 Å². The number of amides is 3. The highest BCUT2D eigenvalue weighted by Crippen LogP contribution is 2.51. The number of nitrogens with zero attached hydrogens (tertiary/aromatic N) is 2. The zero-order chi connectivity index (χ0) is 28.4. The van der Waals surface area contributed by atoms with Crippen LogP contribution in [-0.4, -0.2) is 87.0 Å². The normalized spacial score (nSPS) is 23.6. The molecule has 10 nitrogen and oxygen atoms in total. The number of β-lactam (4-membered cyclic amide) rings is 1. The van der Waals surface area contributed by atoms with Gasteiger partial charge in [0.05, 0.1) is 18.1 Å². The Bertz CT molecular complexity index is 1030. The molecule has 0 radical (unpaired) electrons. The highest BCUT2D eigenvalue weighted by atomic mass is 28.4. The number of rotatable bonds is 10. The van der Waals surface area contributed by atoms with Crippen molar-refractivity contribution in [3.05, 3.63) is 36.6 Å². The smallest absolute Gasteiger partial charge is 0.407 e. The Morgan fingerprint density at radius 2 is 1.79 bits per heavy atom. The van der Waals surface area contributed by atoms with E-state index in [1.54, 1.807) is 9.80 Å². The number of fused-ring (bicyclic) bond motifs is 3. The summed E-state index contributed by atoms with van der Waals surface area (Å²) in [6.07, 6.45) is 2.46. The summed E-state index contributed by atoms with van der Waals surface area (Å²) in [6, 6.07) is -0.215. The molecule has 0 saturated carbocycles. The molecule has 2 fully saturated rings.